The zero-order valence-electron chi connectivity index (χ0n) is 41.2. The van der Waals surface area contributed by atoms with Gasteiger partial charge in [-0.05, 0) is 77.0 Å². The van der Waals surface area contributed by atoms with Crippen molar-refractivity contribution in [3.8, 4) is 0 Å². The van der Waals surface area contributed by atoms with Crippen molar-refractivity contribution in [1.82, 2.24) is 5.32 Å². The van der Waals surface area contributed by atoms with E-state index < -0.39 is 18.2 Å². The zero-order chi connectivity index (χ0) is 45.1. The second-order valence-corrected chi connectivity index (χ2v) is 18.5. The van der Waals surface area contributed by atoms with Crippen molar-refractivity contribution in [1.29, 1.82) is 0 Å². The van der Waals surface area contributed by atoms with E-state index in [2.05, 4.69) is 67.8 Å². The summed E-state index contributed by atoms with van der Waals surface area (Å²) in [4.78, 5) is 12.5. The molecule has 0 aromatic rings. The molecule has 0 saturated heterocycles. The van der Waals surface area contributed by atoms with Gasteiger partial charge in [-0.1, -0.05) is 248 Å². The normalized spacial score (nSPS) is 13.8. The average molecular weight is 868 g/mol. The van der Waals surface area contributed by atoms with Crippen LogP contribution in [0, 0.1) is 0 Å². The van der Waals surface area contributed by atoms with Gasteiger partial charge in [0.25, 0.3) is 0 Å². The fraction of sp³-hybridized carbons (Fsp3) is 0.807. The van der Waals surface area contributed by atoms with Crippen LogP contribution in [-0.4, -0.2) is 46.1 Å². The lowest BCUT2D eigenvalue weighted by Crippen LogP contribution is -2.45. The van der Waals surface area contributed by atoms with Crippen molar-refractivity contribution in [2.75, 3.05) is 6.61 Å². The van der Waals surface area contributed by atoms with Crippen molar-refractivity contribution >= 4 is 5.91 Å². The quantitative estimate of drug-likeness (QED) is 0.0362. The fourth-order valence-corrected chi connectivity index (χ4v) is 8.11. The van der Waals surface area contributed by atoms with Gasteiger partial charge in [-0.25, -0.2) is 0 Å². The Morgan fingerprint density at radius 2 is 0.742 bits per heavy atom. The van der Waals surface area contributed by atoms with Gasteiger partial charge in [0, 0.05) is 0 Å². The van der Waals surface area contributed by atoms with E-state index in [1.165, 1.54) is 193 Å². The van der Waals surface area contributed by atoms with Crippen LogP contribution < -0.4 is 5.32 Å². The summed E-state index contributed by atoms with van der Waals surface area (Å²) >= 11 is 0. The number of nitrogens with one attached hydrogen (secondary N) is 1. The van der Waals surface area contributed by atoms with Crippen LogP contribution in [0.5, 0.6) is 0 Å². The molecule has 62 heavy (non-hydrogen) atoms. The molecule has 0 saturated carbocycles. The predicted molar refractivity (Wildman–Crippen MR) is 273 cm³/mol. The first-order valence-corrected chi connectivity index (χ1v) is 27.1. The molecule has 0 aliphatic rings. The van der Waals surface area contributed by atoms with Crippen LogP contribution in [0.1, 0.15) is 271 Å². The average Bonchev–Trinajstić information content (AvgIpc) is 3.27. The number of carbonyl (C=O) groups is 1. The molecule has 0 aromatic carbocycles. The molecule has 0 rings (SSSR count). The Balaban J connectivity index is 3.69. The van der Waals surface area contributed by atoms with Crippen LogP contribution in [0.25, 0.3) is 0 Å². The van der Waals surface area contributed by atoms with Gasteiger partial charge in [0.05, 0.1) is 31.3 Å². The maximum absolute atomic E-state index is 12.5. The van der Waals surface area contributed by atoms with E-state index in [0.29, 0.717) is 6.42 Å². The van der Waals surface area contributed by atoms with Gasteiger partial charge in [0.15, 0.2) is 0 Å². The monoisotopic (exact) mass is 868 g/mol. The standard InChI is InChI=1S/C57H105NO4/c1-3-5-7-9-11-13-15-17-19-21-23-25-27-29-31-33-35-37-39-41-43-45-47-49-51-56(61)55(53-59)58-57(62)52-54(60)50-48-46-44-42-40-38-36-34-32-30-28-26-24-22-20-18-16-14-12-10-8-6-4-2/h24,26,30,32-33,35,41,43,49,51,54-56,59-61H,3-23,25,27-29,31,34,36-40,42,44-48,50,52-53H2,1-2H3,(H,58,62)/b26-24-,32-30-,35-33+,43-41+,51-49+. The van der Waals surface area contributed by atoms with Crippen LogP contribution in [-0.2, 0) is 4.79 Å². The van der Waals surface area contributed by atoms with E-state index in [-0.39, 0.29) is 18.9 Å². The van der Waals surface area contributed by atoms with Crippen molar-refractivity contribution in [3.05, 3.63) is 60.8 Å². The van der Waals surface area contributed by atoms with E-state index >= 15 is 0 Å². The first-order valence-electron chi connectivity index (χ1n) is 27.1. The SMILES string of the molecule is CCCCCCCCCCC/C=C\C/C=C\CCCCCCCCCC(O)CC(=O)NC(CO)C(O)/C=C/CC/C=C/CC/C=C/CCCCCCCCCCCCCCCC. The van der Waals surface area contributed by atoms with E-state index in [4.69, 9.17) is 0 Å². The second-order valence-electron chi connectivity index (χ2n) is 18.5. The van der Waals surface area contributed by atoms with Crippen LogP contribution in [0.2, 0.25) is 0 Å². The molecular formula is C57H105NO4. The maximum atomic E-state index is 12.5. The third-order valence-corrected chi connectivity index (χ3v) is 12.3. The van der Waals surface area contributed by atoms with Crippen LogP contribution in [0.4, 0.5) is 0 Å². The Kier molecular flexibility index (Phi) is 50.1. The zero-order valence-corrected chi connectivity index (χ0v) is 41.2. The summed E-state index contributed by atoms with van der Waals surface area (Å²) in [7, 11) is 0. The number of allylic oxidation sites excluding steroid dienone is 9. The molecule has 4 N–H and O–H groups in total. The lowest BCUT2D eigenvalue weighted by molar-refractivity contribution is -0.124. The van der Waals surface area contributed by atoms with Crippen LogP contribution in [0.15, 0.2) is 60.8 Å². The maximum Gasteiger partial charge on any atom is 0.222 e. The van der Waals surface area contributed by atoms with Gasteiger partial charge in [-0.3, -0.25) is 4.79 Å². The molecule has 0 aliphatic heterocycles. The van der Waals surface area contributed by atoms with Crippen molar-refractivity contribution < 1.29 is 20.1 Å². The molecular weight excluding hydrogens is 763 g/mol. The Morgan fingerprint density at radius 3 is 1.13 bits per heavy atom. The first kappa shape index (κ1) is 60.1. The van der Waals surface area contributed by atoms with Gasteiger partial charge in [-0.2, -0.15) is 0 Å². The molecule has 3 unspecified atom stereocenters. The summed E-state index contributed by atoms with van der Waals surface area (Å²) in [5, 5.41) is 33.4. The molecule has 0 aromatic heterocycles. The van der Waals surface area contributed by atoms with Gasteiger partial charge in [-0.15, -0.1) is 0 Å². The third kappa shape index (κ3) is 47.5. The molecule has 0 radical (unpaired) electrons. The highest BCUT2D eigenvalue weighted by molar-refractivity contribution is 5.76. The van der Waals surface area contributed by atoms with Crippen molar-refractivity contribution in [3.63, 3.8) is 0 Å². The Hall–Kier alpha value is -1.95. The third-order valence-electron chi connectivity index (χ3n) is 12.3. The highest BCUT2D eigenvalue weighted by atomic mass is 16.3. The minimum Gasteiger partial charge on any atom is -0.394 e. The highest BCUT2D eigenvalue weighted by Gasteiger charge is 2.20. The number of aliphatic hydroxyl groups excluding tert-OH is 3. The molecule has 0 aliphatic carbocycles. The molecule has 0 heterocycles. The largest absolute Gasteiger partial charge is 0.394 e. The van der Waals surface area contributed by atoms with Gasteiger partial charge >= 0.3 is 0 Å². The van der Waals surface area contributed by atoms with Crippen molar-refractivity contribution in [2.45, 2.75) is 289 Å². The molecule has 362 valence electrons. The number of hydrogen-bond donors (Lipinski definition) is 4. The van der Waals surface area contributed by atoms with E-state index in [9.17, 15) is 20.1 Å². The lowest BCUT2D eigenvalue weighted by Gasteiger charge is -2.21. The number of rotatable bonds is 49. The van der Waals surface area contributed by atoms with Crippen LogP contribution in [0.3, 0.4) is 0 Å². The minimum atomic E-state index is -0.966. The molecule has 0 bridgehead atoms. The predicted octanol–water partition coefficient (Wildman–Crippen LogP) is 16.6. The Bertz CT molecular complexity index is 1050. The van der Waals surface area contributed by atoms with E-state index in [0.717, 1.165) is 51.4 Å². The minimum absolute atomic E-state index is 0.00495. The molecule has 0 fully saturated rings. The summed E-state index contributed by atoms with van der Waals surface area (Å²) in [6.45, 7) is 4.21. The van der Waals surface area contributed by atoms with Gasteiger partial charge in [0.2, 0.25) is 5.91 Å². The number of amides is 1. The summed E-state index contributed by atoms with van der Waals surface area (Å²) in [5.74, 6) is -0.334. The highest BCUT2D eigenvalue weighted by Crippen LogP contribution is 2.16. The molecule has 0 spiro atoms. The molecule has 5 nitrogen and oxygen atoms in total. The number of unbranched alkanes of at least 4 members (excludes halogenated alkanes) is 32. The van der Waals surface area contributed by atoms with Crippen molar-refractivity contribution in [2.24, 2.45) is 0 Å². The molecule has 3 atom stereocenters. The fourth-order valence-electron chi connectivity index (χ4n) is 8.11. The summed E-state index contributed by atoms with van der Waals surface area (Å²) in [5.41, 5.74) is 0. The first-order chi connectivity index (χ1) is 30.5. The molecule has 1 amide bonds. The Labute approximate surface area is 386 Å². The lowest BCUT2D eigenvalue weighted by atomic mass is 10.0. The summed E-state index contributed by atoms with van der Waals surface area (Å²) in [6.07, 6.45) is 69.7. The van der Waals surface area contributed by atoms with Gasteiger partial charge < -0.3 is 20.6 Å². The molecule has 5 heteroatoms. The van der Waals surface area contributed by atoms with E-state index in [1.54, 1.807) is 6.08 Å². The topological polar surface area (TPSA) is 89.8 Å². The summed E-state index contributed by atoms with van der Waals surface area (Å²) < 4.78 is 0. The van der Waals surface area contributed by atoms with Crippen LogP contribution >= 0.6 is 0 Å². The number of aliphatic hydroxyl groups is 3. The van der Waals surface area contributed by atoms with E-state index in [1.807, 2.05) is 6.08 Å². The second kappa shape index (κ2) is 51.7. The Morgan fingerprint density at radius 1 is 0.419 bits per heavy atom. The van der Waals surface area contributed by atoms with Gasteiger partial charge in [0.1, 0.15) is 0 Å². The number of hydrogen-bond acceptors (Lipinski definition) is 4. The number of carbonyl (C=O) groups excluding carboxylic acids is 1. The smallest absolute Gasteiger partial charge is 0.222 e. The summed E-state index contributed by atoms with van der Waals surface area (Å²) in [6, 6.07) is -0.774.